The molecule has 0 aliphatic heterocycles. The van der Waals surface area contributed by atoms with Crippen molar-refractivity contribution in [3.8, 4) is 11.5 Å². The predicted octanol–water partition coefficient (Wildman–Crippen LogP) is 3.82. The minimum atomic E-state index is -1.21. The summed E-state index contributed by atoms with van der Waals surface area (Å²) in [6.45, 7) is -1.47. The van der Waals surface area contributed by atoms with E-state index < -0.39 is 31.1 Å². The number of aromatic carboxylic acids is 1. The van der Waals surface area contributed by atoms with Crippen LogP contribution in [-0.2, 0) is 16.2 Å². The van der Waals surface area contributed by atoms with Crippen LogP contribution in [0, 0.1) is 0 Å². The van der Waals surface area contributed by atoms with Gasteiger partial charge in [0.05, 0.1) is 22.9 Å². The first-order valence-corrected chi connectivity index (χ1v) is 10.1. The van der Waals surface area contributed by atoms with Gasteiger partial charge in [0.15, 0.2) is 13.2 Å². The monoisotopic (exact) mass is 493 g/mol. The third kappa shape index (κ3) is 6.04. The molecule has 0 unspecified atom stereocenters. The molecule has 0 fully saturated rings. The van der Waals surface area contributed by atoms with E-state index in [2.05, 4.69) is 5.32 Å². The van der Waals surface area contributed by atoms with Gasteiger partial charge >= 0.3 is 11.9 Å². The third-order valence-electron chi connectivity index (χ3n) is 4.39. The molecule has 3 rings (SSSR count). The van der Waals surface area contributed by atoms with Gasteiger partial charge in [-0.05, 0) is 47.3 Å². The molecule has 0 atom stereocenters. The lowest BCUT2D eigenvalue weighted by Crippen LogP contribution is -2.21. The van der Waals surface area contributed by atoms with Crippen molar-refractivity contribution in [2.24, 2.45) is 0 Å². The summed E-state index contributed by atoms with van der Waals surface area (Å²) >= 11 is 12.3. The number of aliphatic hydroxyl groups excluding tert-OH is 1. The Morgan fingerprint density at radius 3 is 2.30 bits per heavy atom. The van der Waals surface area contributed by atoms with Crippen molar-refractivity contribution in [2.75, 3.05) is 18.5 Å². The molecule has 4 N–H and O–H groups in total. The number of hydrogen-bond donors (Lipinski definition) is 4. The fraction of sp³-hybridized carbons (Fsp3) is 0.136. The zero-order valence-corrected chi connectivity index (χ0v) is 18.3. The Hall–Kier alpha value is -3.53. The highest BCUT2D eigenvalue weighted by atomic mass is 35.5. The number of carboxylic acid groups (broad SMARTS) is 2. The zero-order valence-electron chi connectivity index (χ0n) is 16.8. The minimum Gasteiger partial charge on any atom is -0.483 e. The highest BCUT2D eigenvalue weighted by Crippen LogP contribution is 2.36. The summed E-state index contributed by atoms with van der Waals surface area (Å²) in [5.41, 5.74) is 0.499. The summed E-state index contributed by atoms with van der Waals surface area (Å²) in [6.07, 6.45) is 0. The molecule has 0 aromatic heterocycles. The number of anilines is 1. The van der Waals surface area contributed by atoms with Crippen LogP contribution in [0.25, 0.3) is 10.8 Å². The number of halogens is 2. The number of fused-ring (bicyclic) bond motifs is 1. The molecule has 0 spiro atoms. The molecule has 172 valence electrons. The van der Waals surface area contributed by atoms with Crippen LogP contribution >= 0.6 is 23.2 Å². The van der Waals surface area contributed by atoms with Crippen LogP contribution < -0.4 is 14.8 Å². The van der Waals surface area contributed by atoms with E-state index in [0.29, 0.717) is 21.4 Å². The molecule has 0 radical (unpaired) electrons. The summed E-state index contributed by atoms with van der Waals surface area (Å²) in [6, 6.07) is 9.97. The van der Waals surface area contributed by atoms with E-state index in [1.165, 1.54) is 42.5 Å². The number of ether oxygens (including phenoxy) is 2. The van der Waals surface area contributed by atoms with Crippen LogP contribution in [-0.4, -0.2) is 46.4 Å². The number of amides is 1. The first-order valence-electron chi connectivity index (χ1n) is 9.35. The van der Waals surface area contributed by atoms with Crippen molar-refractivity contribution < 1.29 is 39.2 Å². The van der Waals surface area contributed by atoms with Crippen LogP contribution in [0.4, 0.5) is 5.69 Å². The molecular weight excluding hydrogens is 477 g/mol. The minimum absolute atomic E-state index is 0.0631. The van der Waals surface area contributed by atoms with Crippen molar-refractivity contribution in [1.29, 1.82) is 0 Å². The third-order valence-corrected chi connectivity index (χ3v) is 4.90. The molecule has 0 heterocycles. The maximum absolute atomic E-state index is 12.5. The molecule has 9 nitrogen and oxygen atoms in total. The molecule has 0 aliphatic rings. The van der Waals surface area contributed by atoms with Gasteiger partial charge in [-0.15, -0.1) is 0 Å². The molecule has 3 aromatic carbocycles. The SMILES string of the molecule is O=C(O)COc1ccc(CO)cc1NC(=O)COc1cc(C(=O)O)cc2cc(Cl)cc(Cl)c12. The Bertz CT molecular complexity index is 1240. The maximum Gasteiger partial charge on any atom is 0.341 e. The van der Waals surface area contributed by atoms with Crippen molar-refractivity contribution in [1.82, 2.24) is 0 Å². The summed E-state index contributed by atoms with van der Waals surface area (Å²) in [5, 5.41) is 31.4. The highest BCUT2D eigenvalue weighted by molar-refractivity contribution is 6.39. The molecule has 0 aliphatic carbocycles. The number of aliphatic hydroxyl groups is 1. The number of carbonyl (C=O) groups excluding carboxylic acids is 1. The van der Waals surface area contributed by atoms with Crippen molar-refractivity contribution in [2.45, 2.75) is 6.61 Å². The first kappa shape index (κ1) is 24.1. The molecule has 1 amide bonds. The van der Waals surface area contributed by atoms with E-state index >= 15 is 0 Å². The van der Waals surface area contributed by atoms with Gasteiger partial charge in [0.25, 0.3) is 5.91 Å². The molecule has 0 saturated carbocycles. The van der Waals surface area contributed by atoms with Gasteiger partial charge in [0.1, 0.15) is 11.5 Å². The second-order valence-electron chi connectivity index (χ2n) is 6.77. The Kier molecular flexibility index (Phi) is 7.59. The van der Waals surface area contributed by atoms with Gasteiger partial charge in [0.2, 0.25) is 0 Å². The van der Waals surface area contributed by atoms with E-state index in [9.17, 15) is 24.6 Å². The summed E-state index contributed by atoms with van der Waals surface area (Å²) < 4.78 is 10.7. The van der Waals surface area contributed by atoms with Crippen molar-refractivity contribution in [3.63, 3.8) is 0 Å². The van der Waals surface area contributed by atoms with E-state index in [0.717, 1.165) is 0 Å². The topological polar surface area (TPSA) is 142 Å². The van der Waals surface area contributed by atoms with Crippen LogP contribution in [0.3, 0.4) is 0 Å². The lowest BCUT2D eigenvalue weighted by molar-refractivity contribution is -0.139. The molecule has 11 heteroatoms. The lowest BCUT2D eigenvalue weighted by atomic mass is 10.1. The second-order valence-corrected chi connectivity index (χ2v) is 7.62. The molecular formula is C22H17Cl2NO8. The number of carbonyl (C=O) groups is 3. The molecule has 3 aromatic rings. The Morgan fingerprint density at radius 2 is 1.64 bits per heavy atom. The van der Waals surface area contributed by atoms with E-state index in [-0.39, 0.29) is 34.4 Å². The van der Waals surface area contributed by atoms with Crippen molar-refractivity contribution in [3.05, 3.63) is 63.6 Å². The van der Waals surface area contributed by atoms with Gasteiger partial charge in [-0.25, -0.2) is 9.59 Å². The number of benzene rings is 3. The quantitative estimate of drug-likeness (QED) is 0.352. The summed E-state index contributed by atoms with van der Waals surface area (Å²) in [7, 11) is 0. The second kappa shape index (κ2) is 10.4. The molecule has 0 bridgehead atoms. The lowest BCUT2D eigenvalue weighted by Gasteiger charge is -2.15. The highest BCUT2D eigenvalue weighted by Gasteiger charge is 2.16. The Balaban J connectivity index is 1.84. The van der Waals surface area contributed by atoms with Gasteiger partial charge in [0, 0.05) is 10.4 Å². The van der Waals surface area contributed by atoms with Gasteiger partial charge in [-0.3, -0.25) is 4.79 Å². The average molecular weight is 494 g/mol. The Labute approximate surface area is 197 Å². The van der Waals surface area contributed by atoms with Crippen LogP contribution in [0.2, 0.25) is 10.0 Å². The van der Waals surface area contributed by atoms with Crippen LogP contribution in [0.1, 0.15) is 15.9 Å². The number of rotatable bonds is 9. The molecule has 33 heavy (non-hydrogen) atoms. The maximum atomic E-state index is 12.5. The summed E-state index contributed by atoms with van der Waals surface area (Å²) in [4.78, 5) is 34.8. The number of carboxylic acids is 2. The number of hydrogen-bond acceptors (Lipinski definition) is 6. The van der Waals surface area contributed by atoms with E-state index in [1.54, 1.807) is 0 Å². The Morgan fingerprint density at radius 1 is 0.909 bits per heavy atom. The van der Waals surface area contributed by atoms with Gasteiger partial charge < -0.3 is 30.1 Å². The number of nitrogens with one attached hydrogen (secondary N) is 1. The van der Waals surface area contributed by atoms with Gasteiger partial charge in [-0.1, -0.05) is 29.3 Å². The largest absolute Gasteiger partial charge is 0.483 e. The first-order chi connectivity index (χ1) is 15.7. The van der Waals surface area contributed by atoms with Crippen LogP contribution in [0.15, 0.2) is 42.5 Å². The van der Waals surface area contributed by atoms with Crippen LogP contribution in [0.5, 0.6) is 11.5 Å². The van der Waals surface area contributed by atoms with E-state index in [1.807, 2.05) is 0 Å². The standard InChI is InChI=1S/C22H17Cl2NO8/c23-14-5-12-4-13(22(30)31)6-18(21(12)15(24)7-14)32-9-19(27)25-16-3-11(8-26)1-2-17(16)33-10-20(28)29/h1-7,26H,8-10H2,(H,25,27)(H,28,29)(H,30,31). The summed E-state index contributed by atoms with van der Waals surface area (Å²) in [5.74, 6) is -2.91. The average Bonchev–Trinajstić information content (AvgIpc) is 2.75. The smallest absolute Gasteiger partial charge is 0.341 e. The fourth-order valence-corrected chi connectivity index (χ4v) is 3.60. The predicted molar refractivity (Wildman–Crippen MR) is 121 cm³/mol. The molecule has 0 saturated heterocycles. The number of aliphatic carboxylic acids is 1. The normalized spacial score (nSPS) is 10.6. The van der Waals surface area contributed by atoms with Gasteiger partial charge in [-0.2, -0.15) is 0 Å². The zero-order chi connectivity index (χ0) is 24.1. The van der Waals surface area contributed by atoms with E-state index in [4.69, 9.17) is 37.8 Å². The fourth-order valence-electron chi connectivity index (χ4n) is 3.00. The van der Waals surface area contributed by atoms with Crippen molar-refractivity contribution >= 4 is 57.5 Å².